The van der Waals surface area contributed by atoms with Crippen LogP contribution in [0.1, 0.15) is 38.9 Å². The van der Waals surface area contributed by atoms with E-state index in [9.17, 15) is 10.1 Å². The molecule has 2 aromatic rings. The van der Waals surface area contributed by atoms with Crippen molar-refractivity contribution < 1.29 is 14.4 Å². The Kier molecular flexibility index (Phi) is 3.85. The second kappa shape index (κ2) is 5.57. The molecule has 1 atom stereocenters. The van der Waals surface area contributed by atoms with Gasteiger partial charge >= 0.3 is 5.97 Å². The molecular weight excluding hydrogens is 256 g/mol. The molecule has 1 heterocycles. The van der Waals surface area contributed by atoms with Crippen molar-refractivity contribution >= 4 is 5.97 Å². The maximum Gasteiger partial charge on any atom is 0.335 e. The van der Waals surface area contributed by atoms with E-state index < -0.39 is 5.97 Å². The van der Waals surface area contributed by atoms with Gasteiger partial charge in [-0.3, -0.25) is 0 Å². The number of aromatic carboxylic acids is 1. The first-order valence-electron chi connectivity index (χ1n) is 6.17. The lowest BCUT2D eigenvalue weighted by Crippen LogP contribution is -2.03. The van der Waals surface area contributed by atoms with Gasteiger partial charge in [-0.15, -0.1) is 0 Å². The van der Waals surface area contributed by atoms with Crippen LogP contribution in [0.5, 0.6) is 0 Å². The second-order valence-electron chi connectivity index (χ2n) is 4.63. The molecule has 0 amide bonds. The van der Waals surface area contributed by atoms with Gasteiger partial charge in [0.2, 0.25) is 0 Å². The van der Waals surface area contributed by atoms with Crippen molar-refractivity contribution in [3.05, 3.63) is 52.4 Å². The molecule has 0 saturated carbocycles. The van der Waals surface area contributed by atoms with E-state index in [1.165, 1.54) is 0 Å². The Balaban J connectivity index is 2.23. The first-order valence-corrected chi connectivity index (χ1v) is 6.17. The van der Waals surface area contributed by atoms with Gasteiger partial charge in [-0.2, -0.15) is 5.26 Å². The highest BCUT2D eigenvalue weighted by atomic mass is 16.5. The van der Waals surface area contributed by atoms with Crippen molar-refractivity contribution in [3.8, 4) is 6.07 Å². The van der Waals surface area contributed by atoms with Gasteiger partial charge in [-0.25, -0.2) is 4.79 Å². The van der Waals surface area contributed by atoms with E-state index in [0.717, 1.165) is 16.8 Å². The van der Waals surface area contributed by atoms with Crippen molar-refractivity contribution in [2.24, 2.45) is 0 Å². The average molecular weight is 270 g/mol. The Bertz CT molecular complexity index is 646. The number of benzene rings is 1. The summed E-state index contributed by atoms with van der Waals surface area (Å²) in [6.07, 6.45) is 0.499. The number of rotatable bonds is 4. The normalized spacial score (nSPS) is 11.8. The van der Waals surface area contributed by atoms with E-state index in [2.05, 4.69) is 11.2 Å². The molecule has 102 valence electrons. The van der Waals surface area contributed by atoms with Crippen LogP contribution in [0.4, 0.5) is 0 Å². The van der Waals surface area contributed by atoms with Crippen molar-refractivity contribution in [3.63, 3.8) is 0 Å². The first kappa shape index (κ1) is 13.8. The quantitative estimate of drug-likeness (QED) is 0.923. The van der Waals surface area contributed by atoms with Gasteiger partial charge in [0.1, 0.15) is 5.76 Å². The first-order chi connectivity index (χ1) is 9.52. The van der Waals surface area contributed by atoms with Gasteiger partial charge < -0.3 is 9.63 Å². The number of nitrogens with zero attached hydrogens (tertiary/aromatic N) is 2. The number of hydrogen-bond donors (Lipinski definition) is 1. The van der Waals surface area contributed by atoms with Crippen LogP contribution in [-0.2, 0) is 6.42 Å². The van der Waals surface area contributed by atoms with Crippen LogP contribution >= 0.6 is 0 Å². The summed E-state index contributed by atoms with van der Waals surface area (Å²) in [5.74, 6) is -0.660. The Hall–Kier alpha value is -2.61. The fourth-order valence-corrected chi connectivity index (χ4v) is 2.22. The number of hydrogen-bond acceptors (Lipinski definition) is 4. The van der Waals surface area contributed by atoms with Crippen molar-refractivity contribution in [1.82, 2.24) is 5.16 Å². The molecule has 1 aromatic heterocycles. The van der Waals surface area contributed by atoms with E-state index >= 15 is 0 Å². The molecule has 1 N–H and O–H groups in total. The van der Waals surface area contributed by atoms with Gasteiger partial charge in [-0.1, -0.05) is 17.3 Å². The predicted octanol–water partition coefficient (Wildman–Crippen LogP) is 2.84. The van der Waals surface area contributed by atoms with E-state index in [0.29, 0.717) is 12.2 Å². The van der Waals surface area contributed by atoms with Crippen molar-refractivity contribution in [2.75, 3.05) is 0 Å². The molecule has 5 heteroatoms. The van der Waals surface area contributed by atoms with Gasteiger partial charge in [0.15, 0.2) is 0 Å². The van der Waals surface area contributed by atoms with Gasteiger partial charge in [-0.05, 0) is 38.0 Å². The zero-order valence-corrected chi connectivity index (χ0v) is 11.3. The van der Waals surface area contributed by atoms with Gasteiger partial charge in [0.25, 0.3) is 0 Å². The summed E-state index contributed by atoms with van der Waals surface area (Å²) in [6, 6.07) is 8.79. The molecule has 0 bridgehead atoms. The van der Waals surface area contributed by atoms with Crippen molar-refractivity contribution in [2.45, 2.75) is 26.2 Å². The average Bonchev–Trinajstić information content (AvgIpc) is 2.76. The number of carbonyl (C=O) groups is 1. The summed E-state index contributed by atoms with van der Waals surface area (Å²) in [6.45, 7) is 3.59. The van der Waals surface area contributed by atoms with E-state index in [1.807, 2.05) is 6.92 Å². The maximum atomic E-state index is 10.8. The van der Waals surface area contributed by atoms with E-state index in [-0.39, 0.29) is 11.5 Å². The molecule has 0 fully saturated rings. The third-order valence-corrected chi connectivity index (χ3v) is 3.23. The lowest BCUT2D eigenvalue weighted by atomic mass is 9.92. The molecule has 1 unspecified atom stereocenters. The zero-order chi connectivity index (χ0) is 14.7. The zero-order valence-electron chi connectivity index (χ0n) is 11.3. The van der Waals surface area contributed by atoms with Crippen LogP contribution in [0, 0.1) is 25.2 Å². The molecule has 0 radical (unpaired) electrons. The Labute approximate surface area is 116 Å². The molecule has 0 saturated heterocycles. The summed E-state index contributed by atoms with van der Waals surface area (Å²) in [4.78, 5) is 10.8. The number of aryl methyl sites for hydroxylation is 2. The van der Waals surface area contributed by atoms with Crippen LogP contribution in [0.2, 0.25) is 0 Å². The minimum Gasteiger partial charge on any atom is -0.478 e. The lowest BCUT2D eigenvalue weighted by molar-refractivity contribution is 0.0697. The lowest BCUT2D eigenvalue weighted by Gasteiger charge is -2.09. The summed E-state index contributed by atoms with van der Waals surface area (Å²) < 4.78 is 5.09. The highest BCUT2D eigenvalue weighted by Crippen LogP contribution is 2.26. The monoisotopic (exact) mass is 270 g/mol. The Morgan fingerprint density at radius 3 is 2.50 bits per heavy atom. The SMILES string of the molecule is Cc1noc(C)c1C(C#N)Cc1ccc(C(=O)O)cc1. The molecule has 1 aromatic carbocycles. The number of nitriles is 1. The molecule has 0 aliphatic heterocycles. The Morgan fingerprint density at radius 1 is 1.40 bits per heavy atom. The van der Waals surface area contributed by atoms with E-state index in [1.54, 1.807) is 31.2 Å². The standard InChI is InChI=1S/C15H14N2O3/c1-9-14(10(2)20-17-9)13(8-16)7-11-3-5-12(6-4-11)15(18)19/h3-6,13H,7H2,1-2H3,(H,18,19). The third-order valence-electron chi connectivity index (χ3n) is 3.23. The highest BCUT2D eigenvalue weighted by molar-refractivity contribution is 5.87. The topological polar surface area (TPSA) is 87.1 Å². The summed E-state index contributed by atoms with van der Waals surface area (Å²) in [5.41, 5.74) is 2.67. The second-order valence-corrected chi connectivity index (χ2v) is 4.63. The Morgan fingerprint density at radius 2 is 2.05 bits per heavy atom. The van der Waals surface area contributed by atoms with Crippen LogP contribution < -0.4 is 0 Å². The number of aromatic nitrogens is 1. The van der Waals surface area contributed by atoms with Crippen molar-refractivity contribution in [1.29, 1.82) is 5.26 Å². The maximum absolute atomic E-state index is 10.8. The summed E-state index contributed by atoms with van der Waals surface area (Å²) in [7, 11) is 0. The fraction of sp³-hybridized carbons (Fsp3) is 0.267. The molecule has 5 nitrogen and oxygen atoms in total. The summed E-state index contributed by atoms with van der Waals surface area (Å²) >= 11 is 0. The van der Waals surface area contributed by atoms with Crippen LogP contribution in [0.25, 0.3) is 0 Å². The minimum atomic E-state index is -0.959. The molecular formula is C15H14N2O3. The fourth-order valence-electron chi connectivity index (χ4n) is 2.22. The summed E-state index contributed by atoms with van der Waals surface area (Å²) in [5, 5.41) is 22.1. The molecule has 20 heavy (non-hydrogen) atoms. The largest absolute Gasteiger partial charge is 0.478 e. The van der Waals surface area contributed by atoms with Gasteiger partial charge in [0, 0.05) is 5.56 Å². The van der Waals surface area contributed by atoms with Crippen LogP contribution in [0.3, 0.4) is 0 Å². The highest BCUT2D eigenvalue weighted by Gasteiger charge is 2.20. The predicted molar refractivity (Wildman–Crippen MR) is 71.4 cm³/mol. The van der Waals surface area contributed by atoms with Gasteiger partial charge in [0.05, 0.1) is 23.2 Å². The minimum absolute atomic E-state index is 0.236. The van der Waals surface area contributed by atoms with Crippen LogP contribution in [-0.4, -0.2) is 16.2 Å². The number of carboxylic acid groups (broad SMARTS) is 1. The molecule has 2 rings (SSSR count). The van der Waals surface area contributed by atoms with Crippen LogP contribution in [0.15, 0.2) is 28.8 Å². The molecule has 0 aliphatic rings. The number of carboxylic acids is 1. The molecule has 0 spiro atoms. The molecule has 0 aliphatic carbocycles. The third kappa shape index (κ3) is 2.69. The van der Waals surface area contributed by atoms with E-state index in [4.69, 9.17) is 9.63 Å². The smallest absolute Gasteiger partial charge is 0.335 e.